The zero-order valence-electron chi connectivity index (χ0n) is 21.5. The van der Waals surface area contributed by atoms with Gasteiger partial charge in [-0.15, -0.1) is 0 Å². The molecule has 1 amide bonds. The molecule has 3 aromatic rings. The van der Waals surface area contributed by atoms with E-state index in [4.69, 9.17) is 9.47 Å². The van der Waals surface area contributed by atoms with E-state index in [-0.39, 0.29) is 24.9 Å². The molecule has 1 saturated heterocycles. The number of halogens is 1. The third-order valence-electron chi connectivity index (χ3n) is 6.32. The van der Waals surface area contributed by atoms with Gasteiger partial charge in [0.2, 0.25) is 5.91 Å². The van der Waals surface area contributed by atoms with E-state index in [1.54, 1.807) is 4.90 Å². The lowest BCUT2D eigenvalue weighted by atomic mass is 10.0. The predicted molar refractivity (Wildman–Crippen MR) is 138 cm³/mol. The molecule has 198 valence electrons. The van der Waals surface area contributed by atoms with Gasteiger partial charge in [-0.25, -0.2) is 4.39 Å². The van der Waals surface area contributed by atoms with Gasteiger partial charge in [0.25, 0.3) is 0 Å². The topological polar surface area (TPSA) is 80.1 Å². The van der Waals surface area contributed by atoms with E-state index in [1.165, 1.54) is 31.2 Å². The fourth-order valence-corrected chi connectivity index (χ4v) is 4.48. The molecule has 4 rings (SSSR count). The molecule has 2 heterocycles. The molecule has 37 heavy (non-hydrogen) atoms. The van der Waals surface area contributed by atoms with Crippen LogP contribution in [-0.4, -0.2) is 75.6 Å². The summed E-state index contributed by atoms with van der Waals surface area (Å²) in [6.45, 7) is 7.10. The highest BCUT2D eigenvalue weighted by Crippen LogP contribution is 2.21. The molecular weight excluding hydrogens is 475 g/mol. The summed E-state index contributed by atoms with van der Waals surface area (Å²) < 4.78 is 26.9. The molecule has 0 aliphatic carbocycles. The molecule has 0 bridgehead atoms. The maximum atomic E-state index is 13.2. The maximum Gasteiger partial charge on any atom is 0.219 e. The van der Waals surface area contributed by atoms with E-state index in [9.17, 15) is 14.3 Å². The third kappa shape index (κ3) is 8.03. The molecule has 9 heteroatoms. The van der Waals surface area contributed by atoms with Crippen molar-refractivity contribution in [3.05, 3.63) is 77.9 Å². The first kappa shape index (κ1) is 26.6. The molecule has 1 atom stereocenters. The van der Waals surface area contributed by atoms with Crippen molar-refractivity contribution in [3.63, 3.8) is 0 Å². The predicted octanol–water partition coefficient (Wildman–Crippen LogP) is 3.27. The van der Waals surface area contributed by atoms with E-state index in [1.807, 2.05) is 48.3 Å². The average molecular weight is 511 g/mol. The van der Waals surface area contributed by atoms with Crippen LogP contribution in [0.3, 0.4) is 0 Å². The monoisotopic (exact) mass is 510 g/mol. The number of carbonyl (C=O) groups excluding carboxylic acids is 1. The Morgan fingerprint density at radius 2 is 1.92 bits per heavy atom. The lowest BCUT2D eigenvalue weighted by Gasteiger charge is -2.32. The van der Waals surface area contributed by atoms with Gasteiger partial charge in [-0.05, 0) is 54.4 Å². The summed E-state index contributed by atoms with van der Waals surface area (Å²) >= 11 is 0. The Hall–Kier alpha value is -3.43. The number of rotatable bonds is 10. The van der Waals surface area contributed by atoms with Crippen molar-refractivity contribution in [1.29, 1.82) is 0 Å². The minimum absolute atomic E-state index is 0.0160. The quantitative estimate of drug-likeness (QED) is 0.422. The Labute approximate surface area is 217 Å². The molecule has 1 aliphatic heterocycles. The van der Waals surface area contributed by atoms with Gasteiger partial charge in [-0.1, -0.05) is 12.1 Å². The molecule has 2 aromatic carbocycles. The van der Waals surface area contributed by atoms with Crippen LogP contribution in [0.2, 0.25) is 0 Å². The molecular formula is C28H35FN4O4. The summed E-state index contributed by atoms with van der Waals surface area (Å²) in [6, 6.07) is 13.6. The van der Waals surface area contributed by atoms with Crippen LogP contribution in [0, 0.1) is 12.7 Å². The van der Waals surface area contributed by atoms with Gasteiger partial charge < -0.3 is 19.5 Å². The molecule has 8 nitrogen and oxygen atoms in total. The van der Waals surface area contributed by atoms with Gasteiger partial charge in [-0.2, -0.15) is 5.10 Å². The van der Waals surface area contributed by atoms with Gasteiger partial charge in [0.15, 0.2) is 0 Å². The number of hydrogen-bond acceptors (Lipinski definition) is 6. The van der Waals surface area contributed by atoms with E-state index in [0.717, 1.165) is 29.8 Å². The minimum Gasteiger partial charge on any atom is -0.494 e. The van der Waals surface area contributed by atoms with Gasteiger partial charge in [0, 0.05) is 52.3 Å². The van der Waals surface area contributed by atoms with Gasteiger partial charge >= 0.3 is 0 Å². The largest absolute Gasteiger partial charge is 0.494 e. The van der Waals surface area contributed by atoms with E-state index in [0.29, 0.717) is 38.5 Å². The minimum atomic E-state index is -1.28. The summed E-state index contributed by atoms with van der Waals surface area (Å²) in [6.07, 6.45) is 4.71. The fraction of sp³-hybridized carbons (Fsp3) is 0.429. The second kappa shape index (κ2) is 12.2. The SMILES string of the molecule is CC(=O)N1CCN(Cc2cccc(OCCCn3cc(C)cn3)c2)CC(O)(COc2ccc(F)cc2)C1. The number of nitrogens with zero attached hydrogens (tertiary/aromatic N) is 4. The van der Waals surface area contributed by atoms with Crippen LogP contribution < -0.4 is 9.47 Å². The zero-order chi connectivity index (χ0) is 26.3. The van der Waals surface area contributed by atoms with Crippen LogP contribution >= 0.6 is 0 Å². The van der Waals surface area contributed by atoms with Gasteiger partial charge in [-0.3, -0.25) is 14.4 Å². The summed E-state index contributed by atoms with van der Waals surface area (Å²) in [4.78, 5) is 15.9. The molecule has 0 radical (unpaired) electrons. The number of β-amino-alcohol motifs (C(OH)–C–C–N with tert-alkyl or cyclic N) is 1. The highest BCUT2D eigenvalue weighted by Gasteiger charge is 2.37. The first-order chi connectivity index (χ1) is 17.8. The molecule has 0 spiro atoms. The third-order valence-corrected chi connectivity index (χ3v) is 6.32. The molecule has 1 unspecified atom stereocenters. The van der Waals surface area contributed by atoms with E-state index < -0.39 is 5.60 Å². The van der Waals surface area contributed by atoms with Crippen LogP contribution in [0.1, 0.15) is 24.5 Å². The van der Waals surface area contributed by atoms with Crippen molar-refractivity contribution in [2.45, 2.75) is 39.0 Å². The zero-order valence-corrected chi connectivity index (χ0v) is 21.5. The first-order valence-corrected chi connectivity index (χ1v) is 12.6. The molecule has 1 aliphatic rings. The number of hydrogen-bond donors (Lipinski definition) is 1. The number of amides is 1. The summed E-state index contributed by atoms with van der Waals surface area (Å²) in [5, 5.41) is 15.8. The highest BCUT2D eigenvalue weighted by molar-refractivity contribution is 5.73. The van der Waals surface area contributed by atoms with Gasteiger partial charge in [0.1, 0.15) is 29.5 Å². The number of aromatic nitrogens is 2. The normalized spacial score (nSPS) is 18.4. The van der Waals surface area contributed by atoms with Crippen molar-refractivity contribution < 1.29 is 23.8 Å². The highest BCUT2D eigenvalue weighted by atomic mass is 19.1. The summed E-state index contributed by atoms with van der Waals surface area (Å²) in [7, 11) is 0. The molecule has 0 saturated carbocycles. The van der Waals surface area contributed by atoms with Crippen molar-refractivity contribution >= 4 is 5.91 Å². The first-order valence-electron chi connectivity index (χ1n) is 12.6. The standard InChI is InChI=1S/C28H35FN4O4/c1-22-16-30-33(17-22)11-4-14-36-27-6-3-5-24(15-27)18-31-12-13-32(23(2)34)20-28(35,19-31)21-37-26-9-7-25(29)8-10-26/h3,5-10,15-17,35H,4,11-14,18-21H2,1-2H3. The van der Waals surface area contributed by atoms with Crippen molar-refractivity contribution in [2.24, 2.45) is 0 Å². The number of aryl methyl sites for hydroxylation is 2. The Morgan fingerprint density at radius 3 is 2.65 bits per heavy atom. The van der Waals surface area contributed by atoms with Crippen LogP contribution in [0.25, 0.3) is 0 Å². The number of carbonyl (C=O) groups is 1. The molecule has 1 aromatic heterocycles. The van der Waals surface area contributed by atoms with E-state index >= 15 is 0 Å². The van der Waals surface area contributed by atoms with Crippen molar-refractivity contribution in [3.8, 4) is 11.5 Å². The second-order valence-electron chi connectivity index (χ2n) is 9.75. The fourth-order valence-electron chi connectivity index (χ4n) is 4.48. The Morgan fingerprint density at radius 1 is 1.11 bits per heavy atom. The lowest BCUT2D eigenvalue weighted by molar-refractivity contribution is -0.132. The van der Waals surface area contributed by atoms with Gasteiger partial charge in [0.05, 0.1) is 19.3 Å². The Bertz CT molecular complexity index is 1170. The Balaban J connectivity index is 1.35. The van der Waals surface area contributed by atoms with Crippen LogP contribution in [0.15, 0.2) is 60.9 Å². The maximum absolute atomic E-state index is 13.2. The van der Waals surface area contributed by atoms with Crippen LogP contribution in [0.4, 0.5) is 4.39 Å². The van der Waals surface area contributed by atoms with Crippen LogP contribution in [0.5, 0.6) is 11.5 Å². The lowest BCUT2D eigenvalue weighted by Crippen LogP contribution is -2.51. The van der Waals surface area contributed by atoms with Crippen molar-refractivity contribution in [1.82, 2.24) is 19.6 Å². The number of benzene rings is 2. The average Bonchev–Trinajstić information content (AvgIpc) is 3.20. The second-order valence-corrected chi connectivity index (χ2v) is 9.75. The number of ether oxygens (including phenoxy) is 2. The van der Waals surface area contributed by atoms with Crippen LogP contribution in [-0.2, 0) is 17.9 Å². The summed E-state index contributed by atoms with van der Waals surface area (Å²) in [5.41, 5.74) is 0.913. The van der Waals surface area contributed by atoms with Crippen molar-refractivity contribution in [2.75, 3.05) is 39.4 Å². The molecule has 1 N–H and O–H groups in total. The molecule has 1 fully saturated rings. The van der Waals surface area contributed by atoms with E-state index in [2.05, 4.69) is 10.00 Å². The Kier molecular flexibility index (Phi) is 8.78. The smallest absolute Gasteiger partial charge is 0.219 e. The summed E-state index contributed by atoms with van der Waals surface area (Å²) in [5.74, 6) is 0.813. The number of aliphatic hydroxyl groups is 1.